The minimum Gasteiger partial charge on any atom is -0.355 e. The molecule has 0 atom stereocenters. The van der Waals surface area contributed by atoms with E-state index in [2.05, 4.69) is 30.5 Å². The number of carbonyl (C=O) groups is 1. The number of benzene rings is 1. The molecular formula is C23H22FN7O. The van der Waals surface area contributed by atoms with Gasteiger partial charge in [-0.25, -0.2) is 4.39 Å². The number of hydrogen-bond donors (Lipinski definition) is 1. The summed E-state index contributed by atoms with van der Waals surface area (Å²) in [6, 6.07) is 14.0. The number of hydrogen-bond acceptors (Lipinski definition) is 6. The lowest BCUT2D eigenvalue weighted by atomic mass is 9.96. The van der Waals surface area contributed by atoms with E-state index in [4.69, 9.17) is 0 Å². The highest BCUT2D eigenvalue weighted by Gasteiger charge is 2.26. The van der Waals surface area contributed by atoms with E-state index in [1.165, 1.54) is 6.07 Å². The summed E-state index contributed by atoms with van der Waals surface area (Å²) in [5, 5.41) is 15.9. The van der Waals surface area contributed by atoms with Crippen LogP contribution in [0.2, 0.25) is 0 Å². The Morgan fingerprint density at radius 1 is 1.06 bits per heavy atom. The molecule has 1 aromatic carbocycles. The molecule has 1 fully saturated rings. The number of nitrogens with zero attached hydrogens (tertiary/aromatic N) is 6. The third-order valence-electron chi connectivity index (χ3n) is 5.74. The van der Waals surface area contributed by atoms with E-state index in [9.17, 15) is 9.18 Å². The van der Waals surface area contributed by atoms with Gasteiger partial charge < -0.3 is 10.2 Å². The van der Waals surface area contributed by atoms with Crippen molar-refractivity contribution in [1.82, 2.24) is 30.1 Å². The molecule has 0 unspecified atom stereocenters. The molecule has 9 heteroatoms. The highest BCUT2D eigenvalue weighted by molar-refractivity contribution is 5.79. The molecule has 0 aliphatic carbocycles. The Balaban J connectivity index is 1.26. The maximum absolute atomic E-state index is 14.3. The Morgan fingerprint density at radius 3 is 2.69 bits per heavy atom. The molecule has 162 valence electrons. The number of rotatable bonds is 5. The minimum absolute atomic E-state index is 0.0319. The number of anilines is 1. The van der Waals surface area contributed by atoms with Crippen LogP contribution < -0.4 is 10.2 Å². The summed E-state index contributed by atoms with van der Waals surface area (Å²) in [5.41, 5.74) is 1.89. The standard InChI is InChI=1S/C23H22FN7O/c24-19-6-2-1-5-18(19)22-28-27-20-7-8-21(29-31(20)22)30-12-9-17(10-13-30)23(32)26-15-16-4-3-11-25-14-16/h1-8,11,14,17H,9-10,12-13,15H2,(H,26,32). The second-order valence-corrected chi connectivity index (χ2v) is 7.81. The molecule has 0 saturated carbocycles. The molecule has 4 aromatic rings. The molecule has 8 nitrogen and oxygen atoms in total. The second kappa shape index (κ2) is 8.70. The summed E-state index contributed by atoms with van der Waals surface area (Å²) < 4.78 is 15.8. The van der Waals surface area contributed by atoms with Gasteiger partial charge in [0.05, 0.1) is 5.56 Å². The van der Waals surface area contributed by atoms with Crippen molar-refractivity contribution in [1.29, 1.82) is 0 Å². The molecule has 1 aliphatic rings. The summed E-state index contributed by atoms with van der Waals surface area (Å²) in [5.74, 6) is 0.786. The predicted molar refractivity (Wildman–Crippen MR) is 117 cm³/mol. The largest absolute Gasteiger partial charge is 0.355 e. The van der Waals surface area contributed by atoms with E-state index >= 15 is 0 Å². The van der Waals surface area contributed by atoms with Crippen molar-refractivity contribution in [3.8, 4) is 11.4 Å². The number of fused-ring (bicyclic) bond motifs is 1. The van der Waals surface area contributed by atoms with Gasteiger partial charge in [0, 0.05) is 37.9 Å². The fourth-order valence-corrected chi connectivity index (χ4v) is 3.97. The molecule has 32 heavy (non-hydrogen) atoms. The highest BCUT2D eigenvalue weighted by Crippen LogP contribution is 2.25. The Hall–Kier alpha value is -3.88. The molecule has 1 N–H and O–H groups in total. The Bertz CT molecular complexity index is 1240. The van der Waals surface area contributed by atoms with E-state index in [-0.39, 0.29) is 17.6 Å². The zero-order valence-electron chi connectivity index (χ0n) is 17.4. The van der Waals surface area contributed by atoms with Crippen molar-refractivity contribution in [3.05, 3.63) is 72.3 Å². The average molecular weight is 431 g/mol. The number of halogens is 1. The molecule has 1 amide bonds. The second-order valence-electron chi connectivity index (χ2n) is 7.81. The zero-order chi connectivity index (χ0) is 21.9. The third kappa shape index (κ3) is 4.01. The Kier molecular flexibility index (Phi) is 5.45. The number of piperidine rings is 1. The molecule has 1 saturated heterocycles. The van der Waals surface area contributed by atoms with Gasteiger partial charge in [-0.05, 0) is 48.7 Å². The zero-order valence-corrected chi connectivity index (χ0v) is 17.4. The smallest absolute Gasteiger partial charge is 0.223 e. The monoisotopic (exact) mass is 431 g/mol. The average Bonchev–Trinajstić information content (AvgIpc) is 3.27. The van der Waals surface area contributed by atoms with E-state index < -0.39 is 0 Å². The first-order valence-corrected chi connectivity index (χ1v) is 10.6. The van der Waals surface area contributed by atoms with Crippen LogP contribution >= 0.6 is 0 Å². The molecule has 0 bridgehead atoms. The van der Waals surface area contributed by atoms with Gasteiger partial charge in [0.2, 0.25) is 5.91 Å². The number of amides is 1. The van der Waals surface area contributed by atoms with E-state index in [0.29, 0.717) is 36.7 Å². The number of pyridine rings is 1. The molecule has 1 aliphatic heterocycles. The van der Waals surface area contributed by atoms with Gasteiger partial charge in [-0.15, -0.1) is 15.3 Å². The van der Waals surface area contributed by atoms with Crippen LogP contribution in [0.3, 0.4) is 0 Å². The molecule has 0 spiro atoms. The SMILES string of the molecule is O=C(NCc1cccnc1)C1CCN(c2ccc3nnc(-c4ccccc4F)n3n2)CC1. The van der Waals surface area contributed by atoms with Crippen molar-refractivity contribution in [2.75, 3.05) is 18.0 Å². The van der Waals surface area contributed by atoms with E-state index in [0.717, 1.165) is 24.2 Å². The lowest BCUT2D eigenvalue weighted by molar-refractivity contribution is -0.125. The Labute approximate surface area is 184 Å². The highest BCUT2D eigenvalue weighted by atomic mass is 19.1. The van der Waals surface area contributed by atoms with Gasteiger partial charge >= 0.3 is 0 Å². The van der Waals surface area contributed by atoms with Crippen LogP contribution in [0.1, 0.15) is 18.4 Å². The molecule has 4 heterocycles. The number of aromatic nitrogens is 5. The maximum atomic E-state index is 14.3. The molecule has 3 aromatic heterocycles. The quantitative estimate of drug-likeness (QED) is 0.523. The Morgan fingerprint density at radius 2 is 1.91 bits per heavy atom. The van der Waals surface area contributed by atoms with Gasteiger partial charge in [0.1, 0.15) is 11.6 Å². The molecular weight excluding hydrogens is 409 g/mol. The van der Waals surface area contributed by atoms with Gasteiger partial charge in [0.25, 0.3) is 0 Å². The van der Waals surface area contributed by atoms with E-state index in [1.54, 1.807) is 35.1 Å². The molecule has 5 rings (SSSR count). The summed E-state index contributed by atoms with van der Waals surface area (Å²) in [6.45, 7) is 1.90. The molecule has 0 radical (unpaired) electrons. The van der Waals surface area contributed by atoms with Crippen molar-refractivity contribution >= 4 is 17.4 Å². The van der Waals surface area contributed by atoms with Crippen LogP contribution in [0.15, 0.2) is 60.9 Å². The van der Waals surface area contributed by atoms with Crippen molar-refractivity contribution in [2.24, 2.45) is 5.92 Å². The fourth-order valence-electron chi connectivity index (χ4n) is 3.97. The number of carbonyl (C=O) groups excluding carboxylic acids is 1. The topological polar surface area (TPSA) is 88.3 Å². The third-order valence-corrected chi connectivity index (χ3v) is 5.74. The summed E-state index contributed by atoms with van der Waals surface area (Å²) in [7, 11) is 0. The lowest BCUT2D eigenvalue weighted by Crippen LogP contribution is -2.40. The lowest BCUT2D eigenvalue weighted by Gasteiger charge is -2.32. The van der Waals surface area contributed by atoms with Gasteiger partial charge in [-0.2, -0.15) is 4.52 Å². The van der Waals surface area contributed by atoms with Crippen LogP contribution in [0.25, 0.3) is 17.0 Å². The summed E-state index contributed by atoms with van der Waals surface area (Å²) >= 11 is 0. The van der Waals surface area contributed by atoms with Crippen LogP contribution in [0, 0.1) is 11.7 Å². The minimum atomic E-state index is -0.368. The summed E-state index contributed by atoms with van der Waals surface area (Å²) in [6.07, 6.45) is 4.94. The van der Waals surface area contributed by atoms with Gasteiger partial charge in [-0.3, -0.25) is 9.78 Å². The first-order chi connectivity index (χ1) is 15.7. The van der Waals surface area contributed by atoms with Crippen LogP contribution in [0.4, 0.5) is 10.2 Å². The van der Waals surface area contributed by atoms with Crippen molar-refractivity contribution < 1.29 is 9.18 Å². The first-order valence-electron chi connectivity index (χ1n) is 10.6. The van der Waals surface area contributed by atoms with Crippen molar-refractivity contribution in [2.45, 2.75) is 19.4 Å². The van der Waals surface area contributed by atoms with Gasteiger partial charge in [-0.1, -0.05) is 18.2 Å². The fraction of sp³-hybridized carbons (Fsp3) is 0.261. The van der Waals surface area contributed by atoms with Crippen LogP contribution in [-0.4, -0.2) is 43.8 Å². The predicted octanol–water partition coefficient (Wildman–Crippen LogP) is 2.86. The number of nitrogens with one attached hydrogen (secondary N) is 1. The maximum Gasteiger partial charge on any atom is 0.223 e. The van der Waals surface area contributed by atoms with Gasteiger partial charge in [0.15, 0.2) is 11.5 Å². The van der Waals surface area contributed by atoms with Crippen LogP contribution in [0.5, 0.6) is 0 Å². The normalized spacial score (nSPS) is 14.6. The van der Waals surface area contributed by atoms with Crippen LogP contribution in [-0.2, 0) is 11.3 Å². The van der Waals surface area contributed by atoms with Crippen molar-refractivity contribution in [3.63, 3.8) is 0 Å². The first kappa shape index (κ1) is 20.0. The van der Waals surface area contributed by atoms with E-state index in [1.807, 2.05) is 24.3 Å². The summed E-state index contributed by atoms with van der Waals surface area (Å²) in [4.78, 5) is 18.8.